The highest BCUT2D eigenvalue weighted by atomic mass is 32.2. The second kappa shape index (κ2) is 9.20. The smallest absolute Gasteiger partial charge is 0.0801 e. The minimum Gasteiger partial charge on any atom is -0.335 e. The van der Waals surface area contributed by atoms with E-state index in [-0.39, 0.29) is 0 Å². The highest BCUT2D eigenvalue weighted by molar-refractivity contribution is 8.03. The zero-order chi connectivity index (χ0) is 18.4. The van der Waals surface area contributed by atoms with Crippen LogP contribution in [0.5, 0.6) is 0 Å². The Labute approximate surface area is 165 Å². The first kappa shape index (κ1) is 18.9. The maximum atomic E-state index is 4.19. The van der Waals surface area contributed by atoms with E-state index in [1.165, 1.54) is 38.9 Å². The Morgan fingerprint density at radius 3 is 2.73 bits per heavy atom. The fourth-order valence-electron chi connectivity index (χ4n) is 2.81. The van der Waals surface area contributed by atoms with Crippen molar-refractivity contribution in [2.45, 2.75) is 36.5 Å². The van der Waals surface area contributed by atoms with Gasteiger partial charge in [0.2, 0.25) is 0 Å². The summed E-state index contributed by atoms with van der Waals surface area (Å²) < 4.78 is 0. The lowest BCUT2D eigenvalue weighted by molar-refractivity contribution is 0.779. The average molecular weight is 380 g/mol. The number of allylic oxidation sites excluding steroid dienone is 3. The second-order valence-corrected chi connectivity index (χ2v) is 8.50. The normalized spacial score (nSPS) is 15.0. The Balaban J connectivity index is 1.69. The summed E-state index contributed by atoms with van der Waals surface area (Å²) in [6, 6.07) is 17.1. The molecule has 0 amide bonds. The van der Waals surface area contributed by atoms with E-state index in [4.69, 9.17) is 0 Å². The molecule has 0 spiro atoms. The van der Waals surface area contributed by atoms with Gasteiger partial charge in [-0.2, -0.15) is 0 Å². The lowest BCUT2D eigenvalue weighted by Gasteiger charge is -2.19. The van der Waals surface area contributed by atoms with E-state index in [0.717, 1.165) is 11.4 Å². The molecule has 0 saturated carbocycles. The highest BCUT2D eigenvalue weighted by Crippen LogP contribution is 2.45. The fraction of sp³-hybridized carbons (Fsp3) is 0.217. The SMILES string of the molecule is C=C(C=CC=C1Sc2ccccc2N1CCCC)Sc1ccccc1C. The lowest BCUT2D eigenvalue weighted by Crippen LogP contribution is -2.18. The molecule has 3 heteroatoms. The lowest BCUT2D eigenvalue weighted by atomic mass is 10.2. The molecule has 3 rings (SSSR count). The van der Waals surface area contributed by atoms with Crippen LogP contribution in [0.25, 0.3) is 0 Å². The summed E-state index contributed by atoms with van der Waals surface area (Å²) in [4.78, 5) is 6.10. The van der Waals surface area contributed by atoms with Gasteiger partial charge in [0, 0.05) is 21.2 Å². The molecule has 0 N–H and O–H groups in total. The van der Waals surface area contributed by atoms with Crippen LogP contribution in [-0.4, -0.2) is 6.54 Å². The van der Waals surface area contributed by atoms with Crippen molar-refractivity contribution >= 4 is 29.2 Å². The first-order valence-corrected chi connectivity index (χ1v) is 10.7. The van der Waals surface area contributed by atoms with Gasteiger partial charge in [0.1, 0.15) is 0 Å². The molecule has 2 aromatic carbocycles. The van der Waals surface area contributed by atoms with Crippen LogP contribution in [-0.2, 0) is 0 Å². The maximum Gasteiger partial charge on any atom is 0.0801 e. The third kappa shape index (κ3) is 4.66. The molecule has 134 valence electrons. The van der Waals surface area contributed by atoms with Gasteiger partial charge in [0.05, 0.1) is 10.7 Å². The Hall–Kier alpha value is -1.84. The van der Waals surface area contributed by atoms with Gasteiger partial charge in [0.15, 0.2) is 0 Å². The topological polar surface area (TPSA) is 3.24 Å². The summed E-state index contributed by atoms with van der Waals surface area (Å²) in [6.45, 7) is 9.64. The number of aryl methyl sites for hydroxylation is 1. The number of anilines is 1. The number of nitrogens with zero attached hydrogens (tertiary/aromatic N) is 1. The Kier molecular flexibility index (Phi) is 6.70. The van der Waals surface area contributed by atoms with Gasteiger partial charge in [-0.25, -0.2) is 0 Å². The second-order valence-electron chi connectivity index (χ2n) is 6.27. The van der Waals surface area contributed by atoms with Crippen LogP contribution in [0.3, 0.4) is 0 Å². The van der Waals surface area contributed by atoms with Crippen LogP contribution in [0.1, 0.15) is 25.3 Å². The van der Waals surface area contributed by atoms with Crippen molar-refractivity contribution in [3.63, 3.8) is 0 Å². The van der Waals surface area contributed by atoms with E-state index in [1.54, 1.807) is 11.8 Å². The summed E-state index contributed by atoms with van der Waals surface area (Å²) in [5.74, 6) is 0. The van der Waals surface area contributed by atoms with Crippen LogP contribution in [0.4, 0.5) is 5.69 Å². The van der Waals surface area contributed by atoms with E-state index in [0.29, 0.717) is 0 Å². The van der Waals surface area contributed by atoms with Crippen LogP contribution in [0, 0.1) is 6.92 Å². The van der Waals surface area contributed by atoms with E-state index >= 15 is 0 Å². The van der Waals surface area contributed by atoms with Gasteiger partial charge in [-0.05, 0) is 49.3 Å². The van der Waals surface area contributed by atoms with Crippen molar-refractivity contribution in [3.05, 3.63) is 88.8 Å². The number of rotatable bonds is 7. The quantitative estimate of drug-likeness (QED) is 0.364. The zero-order valence-electron chi connectivity index (χ0n) is 15.4. The molecule has 0 atom stereocenters. The number of hydrogen-bond donors (Lipinski definition) is 0. The van der Waals surface area contributed by atoms with E-state index in [2.05, 4.69) is 92.1 Å². The number of unbranched alkanes of at least 4 members (excludes halogenated alkanes) is 1. The summed E-state index contributed by atoms with van der Waals surface area (Å²) in [5.41, 5.74) is 2.62. The maximum absolute atomic E-state index is 4.19. The third-order valence-electron chi connectivity index (χ3n) is 4.23. The van der Waals surface area contributed by atoms with Gasteiger partial charge < -0.3 is 4.90 Å². The molecule has 0 aliphatic carbocycles. The number of para-hydroxylation sites is 1. The Bertz CT molecular complexity index is 836. The van der Waals surface area contributed by atoms with Crippen molar-refractivity contribution in [2.75, 3.05) is 11.4 Å². The standard InChI is InChI=1S/C23H25NS2/c1-4-5-17-24-20-13-7-9-15-22(20)26-23(24)16-10-12-19(3)25-21-14-8-6-11-18(21)2/h6-16H,3-5,17H2,1-2H3. The van der Waals surface area contributed by atoms with Crippen molar-refractivity contribution in [1.82, 2.24) is 0 Å². The molecule has 0 saturated heterocycles. The minimum atomic E-state index is 1.05. The fourth-order valence-corrected chi connectivity index (χ4v) is 4.71. The summed E-state index contributed by atoms with van der Waals surface area (Å²) in [6.07, 6.45) is 8.85. The molecule has 1 nitrogen and oxygen atoms in total. The predicted molar refractivity (Wildman–Crippen MR) is 118 cm³/mol. The van der Waals surface area contributed by atoms with Gasteiger partial charge in [-0.15, -0.1) is 0 Å². The van der Waals surface area contributed by atoms with Gasteiger partial charge >= 0.3 is 0 Å². The Morgan fingerprint density at radius 2 is 1.92 bits per heavy atom. The predicted octanol–water partition coefficient (Wildman–Crippen LogP) is 7.41. The molecule has 0 radical (unpaired) electrons. The first-order chi connectivity index (χ1) is 12.7. The van der Waals surface area contributed by atoms with Gasteiger partial charge in [0.25, 0.3) is 0 Å². The van der Waals surface area contributed by atoms with Gasteiger partial charge in [-0.3, -0.25) is 0 Å². The van der Waals surface area contributed by atoms with E-state index in [9.17, 15) is 0 Å². The van der Waals surface area contributed by atoms with Crippen LogP contribution in [0.15, 0.2) is 93.1 Å². The van der Waals surface area contributed by atoms with Crippen LogP contribution < -0.4 is 4.90 Å². The molecule has 1 heterocycles. The van der Waals surface area contributed by atoms with Crippen molar-refractivity contribution in [1.29, 1.82) is 0 Å². The number of fused-ring (bicyclic) bond motifs is 1. The molecule has 26 heavy (non-hydrogen) atoms. The molecule has 0 bridgehead atoms. The number of benzene rings is 2. The molecule has 1 aliphatic heterocycles. The van der Waals surface area contributed by atoms with Crippen LogP contribution in [0.2, 0.25) is 0 Å². The van der Waals surface area contributed by atoms with Crippen molar-refractivity contribution < 1.29 is 0 Å². The highest BCUT2D eigenvalue weighted by Gasteiger charge is 2.23. The molecular weight excluding hydrogens is 354 g/mol. The van der Waals surface area contributed by atoms with Crippen LogP contribution >= 0.6 is 23.5 Å². The van der Waals surface area contributed by atoms with E-state index in [1.807, 2.05) is 11.8 Å². The molecule has 1 aliphatic rings. The number of thioether (sulfide) groups is 2. The zero-order valence-corrected chi connectivity index (χ0v) is 17.1. The monoisotopic (exact) mass is 379 g/mol. The Morgan fingerprint density at radius 1 is 1.15 bits per heavy atom. The van der Waals surface area contributed by atoms with Crippen molar-refractivity contribution in [3.8, 4) is 0 Å². The molecular formula is C23H25NS2. The molecule has 0 unspecified atom stereocenters. The van der Waals surface area contributed by atoms with Gasteiger partial charge in [-0.1, -0.05) is 79.9 Å². The van der Waals surface area contributed by atoms with Crippen molar-refractivity contribution in [2.24, 2.45) is 0 Å². The first-order valence-electron chi connectivity index (χ1n) is 9.04. The third-order valence-corrected chi connectivity index (χ3v) is 6.43. The number of hydrogen-bond acceptors (Lipinski definition) is 3. The molecule has 0 fully saturated rings. The summed E-state index contributed by atoms with van der Waals surface area (Å²) in [7, 11) is 0. The van der Waals surface area contributed by atoms with E-state index < -0.39 is 0 Å². The summed E-state index contributed by atoms with van der Waals surface area (Å²) >= 11 is 3.58. The molecule has 2 aromatic rings. The minimum absolute atomic E-state index is 1.05. The largest absolute Gasteiger partial charge is 0.335 e. The average Bonchev–Trinajstić information content (AvgIpc) is 2.99. The molecule has 0 aromatic heterocycles. The summed E-state index contributed by atoms with van der Waals surface area (Å²) in [5, 5.41) is 1.30.